The highest BCUT2D eigenvalue weighted by Crippen LogP contribution is 2.10. The van der Waals surface area contributed by atoms with E-state index in [1.54, 1.807) is 0 Å². The molecule has 0 fully saturated rings. The van der Waals surface area contributed by atoms with Crippen molar-refractivity contribution in [3.63, 3.8) is 0 Å². The summed E-state index contributed by atoms with van der Waals surface area (Å²) in [5.74, 6) is -1.50. The number of rotatable bonds is 4. The van der Waals surface area contributed by atoms with Crippen molar-refractivity contribution >= 4 is 5.97 Å². The van der Waals surface area contributed by atoms with E-state index in [9.17, 15) is 4.79 Å². The van der Waals surface area contributed by atoms with Crippen LogP contribution in [0.25, 0.3) is 0 Å². The van der Waals surface area contributed by atoms with Crippen LogP contribution in [-0.4, -0.2) is 17.6 Å². The molecule has 0 bridgehead atoms. The van der Waals surface area contributed by atoms with Crippen LogP contribution in [0.15, 0.2) is 24.3 Å². The van der Waals surface area contributed by atoms with E-state index in [-0.39, 0.29) is 11.3 Å². The fraction of sp³-hybridized carbons (Fsp3) is 0.364. The molecule has 1 aromatic carbocycles. The lowest BCUT2D eigenvalue weighted by Crippen LogP contribution is -2.05. The van der Waals surface area contributed by atoms with Crippen LogP contribution in [0.5, 0.6) is 5.75 Å². The molecule has 1 rings (SSSR count). The number of carbonyl (C=O) groups is 1. The molecule has 0 unspecified atom stereocenters. The van der Waals surface area contributed by atoms with Gasteiger partial charge in [0.05, 0.1) is 14.9 Å². The number of carbonyl (C=O) groups excluding carboxylic acids is 1. The van der Waals surface area contributed by atoms with E-state index in [0.29, 0.717) is 0 Å². The van der Waals surface area contributed by atoms with Gasteiger partial charge in [-0.15, -0.1) is 0 Å². The zero-order chi connectivity index (χ0) is 18.3. The number of phenols is 1. The van der Waals surface area contributed by atoms with E-state index in [1.165, 1.54) is 0 Å². The first-order valence-corrected chi connectivity index (χ1v) is 3.66. The largest absolute Gasteiger partial charge is 0.508 e. The van der Waals surface area contributed by atoms with Crippen LogP contribution < -0.4 is 0 Å². The zero-order valence-electron chi connectivity index (χ0n) is 16.1. The standard InChI is InChI=1S/C11H14O3/c1-2-3-8-14-11(13)9-4-6-10(12)7-5-9/h4-7,12H,2-3,8H2,1H3/i1D3,2D2,3D2,8D2. The average molecular weight is 203 g/mol. The third kappa shape index (κ3) is 3.09. The maximum atomic E-state index is 11.8. The fourth-order valence-corrected chi connectivity index (χ4v) is 0.754. The Morgan fingerprint density at radius 1 is 1.57 bits per heavy atom. The van der Waals surface area contributed by atoms with Crippen molar-refractivity contribution in [3.8, 4) is 5.75 Å². The lowest BCUT2D eigenvalue weighted by molar-refractivity contribution is 0.0500. The van der Waals surface area contributed by atoms with E-state index in [0.717, 1.165) is 24.3 Å². The van der Waals surface area contributed by atoms with Crippen molar-refractivity contribution in [2.45, 2.75) is 19.6 Å². The van der Waals surface area contributed by atoms with Crippen molar-refractivity contribution in [1.29, 1.82) is 0 Å². The van der Waals surface area contributed by atoms with Gasteiger partial charge in [0, 0.05) is 9.60 Å². The summed E-state index contributed by atoms with van der Waals surface area (Å²) in [4.78, 5) is 11.8. The number of benzene rings is 1. The first kappa shape index (κ1) is 3.57. The second kappa shape index (κ2) is 5.27. The van der Waals surface area contributed by atoms with Gasteiger partial charge in [0.2, 0.25) is 0 Å². The monoisotopic (exact) mass is 203 g/mol. The molecule has 0 heterocycles. The third-order valence-electron chi connectivity index (χ3n) is 1.36. The van der Waals surface area contributed by atoms with Gasteiger partial charge >= 0.3 is 5.97 Å². The van der Waals surface area contributed by atoms with Gasteiger partial charge in [-0.2, -0.15) is 0 Å². The van der Waals surface area contributed by atoms with Gasteiger partial charge in [-0.25, -0.2) is 4.79 Å². The number of aromatic hydroxyl groups is 1. The summed E-state index contributed by atoms with van der Waals surface area (Å²) in [5, 5.41) is 9.10. The number of phenolic OH excluding ortho intramolecular Hbond substituents is 1. The lowest BCUT2D eigenvalue weighted by atomic mass is 10.2. The fourth-order valence-electron chi connectivity index (χ4n) is 0.754. The highest BCUT2D eigenvalue weighted by Gasteiger charge is 2.05. The highest BCUT2D eigenvalue weighted by atomic mass is 16.5. The van der Waals surface area contributed by atoms with Crippen molar-refractivity contribution in [1.82, 2.24) is 0 Å². The highest BCUT2D eigenvalue weighted by molar-refractivity contribution is 5.89. The average Bonchev–Trinajstić information content (AvgIpc) is 2.37. The molecular weight excluding hydrogens is 180 g/mol. The molecule has 0 spiro atoms. The van der Waals surface area contributed by atoms with E-state index in [2.05, 4.69) is 4.74 Å². The second-order valence-electron chi connectivity index (χ2n) is 2.29. The second-order valence-corrected chi connectivity index (χ2v) is 2.29. The predicted octanol–water partition coefficient (Wildman–Crippen LogP) is 2.35. The molecule has 0 saturated heterocycles. The zero-order valence-corrected chi connectivity index (χ0v) is 7.07. The molecule has 0 atom stereocenters. The minimum absolute atomic E-state index is 0.168. The summed E-state index contributed by atoms with van der Waals surface area (Å²) in [5.41, 5.74) is -0.225. The molecule has 0 aliphatic rings. The van der Waals surface area contributed by atoms with Crippen molar-refractivity contribution < 1.29 is 27.0 Å². The van der Waals surface area contributed by atoms with Crippen molar-refractivity contribution in [3.05, 3.63) is 29.8 Å². The Labute approximate surface area is 96.0 Å². The molecule has 0 amide bonds. The molecule has 0 radical (unpaired) electrons. The van der Waals surface area contributed by atoms with Crippen LogP contribution in [0.2, 0.25) is 0 Å². The Kier molecular flexibility index (Phi) is 1.34. The van der Waals surface area contributed by atoms with Crippen molar-refractivity contribution in [2.75, 3.05) is 6.56 Å². The molecule has 14 heavy (non-hydrogen) atoms. The molecule has 3 heteroatoms. The maximum Gasteiger partial charge on any atom is 0.338 e. The Hall–Kier alpha value is -1.51. The van der Waals surface area contributed by atoms with Crippen LogP contribution >= 0.6 is 0 Å². The van der Waals surface area contributed by atoms with E-state index >= 15 is 0 Å². The minimum Gasteiger partial charge on any atom is -0.508 e. The van der Waals surface area contributed by atoms with Gasteiger partial charge in [-0.05, 0) is 30.6 Å². The van der Waals surface area contributed by atoms with Crippen LogP contribution in [0.1, 0.15) is 42.3 Å². The molecule has 76 valence electrons. The molecule has 3 nitrogen and oxygen atoms in total. The number of esters is 1. The molecule has 0 aromatic heterocycles. The van der Waals surface area contributed by atoms with Gasteiger partial charge in [-0.3, -0.25) is 0 Å². The normalized spacial score (nSPS) is 23.3. The Balaban J connectivity index is 3.10. The summed E-state index contributed by atoms with van der Waals surface area (Å²) in [6, 6.07) is 4.40. The van der Waals surface area contributed by atoms with Crippen LogP contribution in [-0.2, 0) is 4.74 Å². The lowest BCUT2D eigenvalue weighted by Gasteiger charge is -2.03. The van der Waals surface area contributed by atoms with Gasteiger partial charge in [0.1, 0.15) is 5.75 Å². The van der Waals surface area contributed by atoms with E-state index in [1.807, 2.05) is 0 Å². The molecular formula is C11H14O3. The SMILES string of the molecule is [2H]C([2H])([2H])C([2H])([2H])C([2H])([2H])C([2H])([2H])OC(=O)c1ccc(O)cc1. The first-order chi connectivity index (χ1) is 10.1. The smallest absolute Gasteiger partial charge is 0.338 e. The Morgan fingerprint density at radius 2 is 2.29 bits per heavy atom. The van der Waals surface area contributed by atoms with Gasteiger partial charge < -0.3 is 9.84 Å². The topological polar surface area (TPSA) is 46.5 Å². The Morgan fingerprint density at radius 3 is 2.93 bits per heavy atom. The molecule has 1 aromatic rings. The summed E-state index contributed by atoms with van der Waals surface area (Å²) < 4.78 is 70.2. The number of ether oxygens (including phenoxy) is 1. The van der Waals surface area contributed by atoms with Gasteiger partial charge in [0.15, 0.2) is 0 Å². The minimum atomic E-state index is -3.65. The molecule has 0 saturated carbocycles. The number of hydrogen-bond donors (Lipinski definition) is 1. The molecule has 0 aliphatic heterocycles. The van der Waals surface area contributed by atoms with E-state index in [4.69, 9.17) is 17.4 Å². The van der Waals surface area contributed by atoms with Gasteiger partial charge in [-0.1, -0.05) is 13.2 Å². The number of hydrogen-bond acceptors (Lipinski definition) is 3. The summed E-state index contributed by atoms with van der Waals surface area (Å²) >= 11 is 0. The van der Waals surface area contributed by atoms with Crippen LogP contribution in [0.3, 0.4) is 0 Å². The third-order valence-corrected chi connectivity index (χ3v) is 1.36. The van der Waals surface area contributed by atoms with Gasteiger partial charge in [0.25, 0.3) is 0 Å². The molecule has 0 aliphatic carbocycles. The molecule has 1 N–H and O–H groups in total. The van der Waals surface area contributed by atoms with Crippen molar-refractivity contribution in [2.24, 2.45) is 0 Å². The predicted molar refractivity (Wildman–Crippen MR) is 53.3 cm³/mol. The summed E-state index contributed by atoms with van der Waals surface area (Å²) in [6.45, 7) is -7.03. The maximum absolute atomic E-state index is 11.8. The van der Waals surface area contributed by atoms with Crippen LogP contribution in [0.4, 0.5) is 0 Å². The first-order valence-electron chi connectivity index (χ1n) is 8.16. The Bertz CT molecular complexity index is 577. The summed E-state index contributed by atoms with van der Waals surface area (Å²) in [7, 11) is 0. The van der Waals surface area contributed by atoms with E-state index < -0.39 is 32.1 Å². The quantitative estimate of drug-likeness (QED) is 0.764. The van der Waals surface area contributed by atoms with Crippen LogP contribution in [0, 0.1) is 0 Å². The summed E-state index contributed by atoms with van der Waals surface area (Å²) in [6.07, 6.45) is -7.27.